The molecule has 14 heavy (non-hydrogen) atoms. The van der Waals surface area contributed by atoms with Crippen LogP contribution < -0.4 is 4.74 Å². The van der Waals surface area contributed by atoms with Crippen LogP contribution in [0.5, 0.6) is 11.5 Å². The van der Waals surface area contributed by atoms with Gasteiger partial charge in [-0.25, -0.2) is 0 Å². The first-order valence-corrected chi connectivity index (χ1v) is 4.49. The van der Waals surface area contributed by atoms with Gasteiger partial charge < -0.3 is 14.6 Å². The highest BCUT2D eigenvalue weighted by atomic mass is 16.5. The summed E-state index contributed by atoms with van der Waals surface area (Å²) in [5.41, 5.74) is 0.740. The summed E-state index contributed by atoms with van der Waals surface area (Å²) in [6.45, 7) is 1.81. The monoisotopic (exact) mass is 194 g/mol. The van der Waals surface area contributed by atoms with E-state index in [9.17, 15) is 9.90 Å². The molecule has 0 aliphatic carbocycles. The number of ether oxygens (including phenoxy) is 1. The van der Waals surface area contributed by atoms with Crippen LogP contribution in [0.25, 0.3) is 0 Å². The molecule has 76 valence electrons. The van der Waals surface area contributed by atoms with Crippen LogP contribution in [-0.4, -0.2) is 18.5 Å². The van der Waals surface area contributed by atoms with Gasteiger partial charge in [-0.3, -0.25) is 0 Å². The average molecular weight is 194 g/mol. The molecule has 0 aliphatic rings. The number of carbonyl (C=O) groups is 1. The van der Waals surface area contributed by atoms with E-state index in [2.05, 4.69) is 0 Å². The molecule has 1 atom stereocenters. The van der Waals surface area contributed by atoms with Crippen molar-refractivity contribution in [2.75, 3.05) is 7.11 Å². The van der Waals surface area contributed by atoms with Crippen LogP contribution in [0.1, 0.15) is 12.5 Å². The maximum absolute atomic E-state index is 10.5. The minimum absolute atomic E-state index is 0.0898. The highest BCUT2D eigenvalue weighted by Gasteiger charge is 2.09. The zero-order valence-electron chi connectivity index (χ0n) is 8.36. The lowest BCUT2D eigenvalue weighted by atomic mass is 10.0. The Morgan fingerprint density at radius 1 is 1.57 bits per heavy atom. The zero-order chi connectivity index (χ0) is 10.6. The van der Waals surface area contributed by atoms with Crippen molar-refractivity contribution in [3.63, 3.8) is 0 Å². The van der Waals surface area contributed by atoms with Gasteiger partial charge in [0.2, 0.25) is 0 Å². The largest absolute Gasteiger partial charge is 0.504 e. The number of carbonyl (C=O) groups excluding carboxylic acids is 1. The number of rotatable bonds is 4. The molecule has 1 N–H and O–H groups in total. The molecule has 0 heterocycles. The minimum atomic E-state index is -0.0898. The van der Waals surface area contributed by atoms with E-state index in [1.54, 1.807) is 18.2 Å². The molecule has 0 amide bonds. The molecule has 0 spiro atoms. The summed E-state index contributed by atoms with van der Waals surface area (Å²) >= 11 is 0. The standard InChI is InChI=1S/C11H14O3/c1-8(7-12)6-9-4-3-5-10(14-2)11(9)13/h3-5,7-8,13H,6H2,1-2H3. The molecule has 0 saturated carbocycles. The second-order valence-corrected chi connectivity index (χ2v) is 3.29. The van der Waals surface area contributed by atoms with Crippen LogP contribution in [0.2, 0.25) is 0 Å². The summed E-state index contributed by atoms with van der Waals surface area (Å²) in [7, 11) is 1.50. The Morgan fingerprint density at radius 2 is 2.29 bits per heavy atom. The summed E-state index contributed by atoms with van der Waals surface area (Å²) in [5.74, 6) is 0.484. The molecular formula is C11H14O3. The fourth-order valence-corrected chi connectivity index (χ4v) is 1.29. The van der Waals surface area contributed by atoms with Crippen LogP contribution in [0, 0.1) is 5.92 Å². The maximum atomic E-state index is 10.5. The Balaban J connectivity index is 2.91. The predicted octanol–water partition coefficient (Wildman–Crippen LogP) is 1.78. The van der Waals surface area contributed by atoms with Crippen molar-refractivity contribution < 1.29 is 14.6 Å². The summed E-state index contributed by atoms with van der Waals surface area (Å²) in [5, 5.41) is 9.69. The van der Waals surface area contributed by atoms with Gasteiger partial charge in [-0.05, 0) is 18.1 Å². The number of para-hydroxylation sites is 1. The molecule has 3 nitrogen and oxygen atoms in total. The van der Waals surface area contributed by atoms with Crippen molar-refractivity contribution in [1.29, 1.82) is 0 Å². The topological polar surface area (TPSA) is 46.5 Å². The smallest absolute Gasteiger partial charge is 0.160 e. The van der Waals surface area contributed by atoms with E-state index in [1.165, 1.54) is 7.11 Å². The van der Waals surface area contributed by atoms with Gasteiger partial charge in [0.05, 0.1) is 7.11 Å². The van der Waals surface area contributed by atoms with E-state index >= 15 is 0 Å². The summed E-state index contributed by atoms with van der Waals surface area (Å²) in [4.78, 5) is 10.5. The van der Waals surface area contributed by atoms with E-state index in [0.717, 1.165) is 11.8 Å². The molecule has 1 rings (SSSR count). The van der Waals surface area contributed by atoms with Gasteiger partial charge in [0.1, 0.15) is 6.29 Å². The predicted molar refractivity (Wildman–Crippen MR) is 53.6 cm³/mol. The van der Waals surface area contributed by atoms with E-state index in [1.807, 2.05) is 6.92 Å². The minimum Gasteiger partial charge on any atom is -0.504 e. The lowest BCUT2D eigenvalue weighted by Crippen LogP contribution is -2.01. The molecule has 0 radical (unpaired) electrons. The van der Waals surface area contributed by atoms with E-state index in [4.69, 9.17) is 4.74 Å². The highest BCUT2D eigenvalue weighted by Crippen LogP contribution is 2.30. The quantitative estimate of drug-likeness (QED) is 0.743. The SMILES string of the molecule is COc1cccc(CC(C)C=O)c1O. The summed E-state index contributed by atoms with van der Waals surface area (Å²) < 4.78 is 4.96. The van der Waals surface area contributed by atoms with Crippen molar-refractivity contribution in [2.24, 2.45) is 5.92 Å². The number of phenolic OH excluding ortho intramolecular Hbond substituents is 1. The number of hydrogen-bond acceptors (Lipinski definition) is 3. The first kappa shape index (κ1) is 10.6. The van der Waals surface area contributed by atoms with Crippen LogP contribution in [0.4, 0.5) is 0 Å². The number of benzene rings is 1. The van der Waals surface area contributed by atoms with Gasteiger partial charge in [0.25, 0.3) is 0 Å². The normalized spacial score (nSPS) is 12.1. The molecular weight excluding hydrogens is 180 g/mol. The van der Waals surface area contributed by atoms with Crippen LogP contribution in [0.3, 0.4) is 0 Å². The summed E-state index contributed by atoms with van der Waals surface area (Å²) in [6.07, 6.45) is 1.41. The first-order valence-electron chi connectivity index (χ1n) is 4.49. The Bertz CT molecular complexity index is 320. The van der Waals surface area contributed by atoms with E-state index in [0.29, 0.717) is 12.2 Å². The lowest BCUT2D eigenvalue weighted by molar-refractivity contribution is -0.110. The van der Waals surface area contributed by atoms with Crippen LogP contribution >= 0.6 is 0 Å². The lowest BCUT2D eigenvalue weighted by Gasteiger charge is -2.09. The average Bonchev–Trinajstić information content (AvgIpc) is 2.21. The van der Waals surface area contributed by atoms with Crippen molar-refractivity contribution in [2.45, 2.75) is 13.3 Å². The molecule has 1 unspecified atom stereocenters. The van der Waals surface area contributed by atoms with Gasteiger partial charge in [0, 0.05) is 5.92 Å². The number of hydrogen-bond donors (Lipinski definition) is 1. The fourth-order valence-electron chi connectivity index (χ4n) is 1.29. The number of aldehydes is 1. The van der Waals surface area contributed by atoms with Gasteiger partial charge >= 0.3 is 0 Å². The number of methoxy groups -OCH3 is 1. The number of aromatic hydroxyl groups is 1. The third-order valence-electron chi connectivity index (χ3n) is 2.08. The van der Waals surface area contributed by atoms with Crippen molar-refractivity contribution in [1.82, 2.24) is 0 Å². The third-order valence-corrected chi connectivity index (χ3v) is 2.08. The molecule has 0 bridgehead atoms. The Kier molecular flexibility index (Phi) is 3.51. The molecule has 1 aromatic carbocycles. The molecule has 0 aliphatic heterocycles. The Morgan fingerprint density at radius 3 is 2.86 bits per heavy atom. The van der Waals surface area contributed by atoms with Crippen molar-refractivity contribution >= 4 is 6.29 Å². The molecule has 3 heteroatoms. The molecule has 0 fully saturated rings. The van der Waals surface area contributed by atoms with Crippen molar-refractivity contribution in [3.8, 4) is 11.5 Å². The Hall–Kier alpha value is -1.51. The first-order chi connectivity index (χ1) is 6.69. The van der Waals surface area contributed by atoms with E-state index in [-0.39, 0.29) is 11.7 Å². The third kappa shape index (κ3) is 2.25. The van der Waals surface area contributed by atoms with Crippen molar-refractivity contribution in [3.05, 3.63) is 23.8 Å². The van der Waals surface area contributed by atoms with Gasteiger partial charge in [-0.1, -0.05) is 19.1 Å². The molecule has 0 aromatic heterocycles. The second kappa shape index (κ2) is 4.65. The zero-order valence-corrected chi connectivity index (χ0v) is 8.36. The highest BCUT2D eigenvalue weighted by molar-refractivity contribution is 5.55. The van der Waals surface area contributed by atoms with E-state index < -0.39 is 0 Å². The Labute approximate surface area is 83.3 Å². The van der Waals surface area contributed by atoms with Crippen LogP contribution in [-0.2, 0) is 11.2 Å². The van der Waals surface area contributed by atoms with Gasteiger partial charge in [-0.2, -0.15) is 0 Å². The van der Waals surface area contributed by atoms with Gasteiger partial charge in [0.15, 0.2) is 11.5 Å². The molecule has 1 aromatic rings. The molecule has 0 saturated heterocycles. The van der Waals surface area contributed by atoms with Crippen LogP contribution in [0.15, 0.2) is 18.2 Å². The number of phenols is 1. The maximum Gasteiger partial charge on any atom is 0.160 e. The fraction of sp³-hybridized carbons (Fsp3) is 0.364. The summed E-state index contributed by atoms with van der Waals surface area (Å²) in [6, 6.07) is 5.27. The second-order valence-electron chi connectivity index (χ2n) is 3.29. The van der Waals surface area contributed by atoms with Gasteiger partial charge in [-0.15, -0.1) is 0 Å².